The maximum absolute atomic E-state index is 10.4. The van der Waals surface area contributed by atoms with Crippen molar-refractivity contribution in [2.75, 3.05) is 12.4 Å². The molecule has 9 heavy (non-hydrogen) atoms. The van der Waals surface area contributed by atoms with Crippen LogP contribution < -0.4 is 5.32 Å². The van der Waals surface area contributed by atoms with E-state index < -0.39 is 0 Å². The Morgan fingerprint density at radius 2 is 2.22 bits per heavy atom. The van der Waals surface area contributed by atoms with Crippen LogP contribution in [0.1, 0.15) is 13.3 Å². The van der Waals surface area contributed by atoms with E-state index in [0.717, 1.165) is 0 Å². The lowest BCUT2D eigenvalue weighted by atomic mass is 10.4. The van der Waals surface area contributed by atoms with Crippen LogP contribution >= 0.6 is 24.0 Å². The minimum atomic E-state index is 0. The Balaban J connectivity index is 0. The summed E-state index contributed by atoms with van der Waals surface area (Å²) >= 11 is 5.27. The normalized spacial score (nSPS) is 7.78. The quantitative estimate of drug-likeness (QED) is 0.636. The molecule has 0 radical (unpaired) electrons. The van der Waals surface area contributed by atoms with Gasteiger partial charge in [0, 0.05) is 18.8 Å². The first-order valence-corrected chi connectivity index (χ1v) is 3.17. The maximum atomic E-state index is 10.4. The summed E-state index contributed by atoms with van der Waals surface area (Å²) in [5, 5.41) is 2.62. The van der Waals surface area contributed by atoms with Crippen molar-refractivity contribution in [1.29, 1.82) is 0 Å². The molecule has 0 bridgehead atoms. The molecule has 0 fully saturated rings. The second kappa shape index (κ2) is 8.05. The fourth-order valence-corrected chi connectivity index (χ4v) is 0.543. The van der Waals surface area contributed by atoms with E-state index in [-0.39, 0.29) is 18.3 Å². The zero-order valence-corrected chi connectivity index (χ0v) is 6.89. The molecule has 0 aromatic rings. The first kappa shape index (κ1) is 11.8. The molecule has 1 N–H and O–H groups in total. The highest BCUT2D eigenvalue weighted by Gasteiger charge is 1.93. The highest BCUT2D eigenvalue weighted by atomic mass is 35.5. The smallest absolute Gasteiger partial charge is 0.221 e. The molecule has 0 aliphatic carbocycles. The molecule has 0 unspecified atom stereocenters. The van der Waals surface area contributed by atoms with Crippen molar-refractivity contribution in [2.45, 2.75) is 13.3 Å². The van der Waals surface area contributed by atoms with Crippen molar-refractivity contribution in [3.63, 3.8) is 0 Å². The van der Waals surface area contributed by atoms with Gasteiger partial charge in [-0.15, -0.1) is 24.0 Å². The Morgan fingerprint density at radius 3 is 2.56 bits per heavy atom. The average molecular weight is 172 g/mol. The number of carbonyl (C=O) groups is 1. The molecule has 1 amide bonds. The van der Waals surface area contributed by atoms with Crippen LogP contribution in [0.4, 0.5) is 0 Å². The van der Waals surface area contributed by atoms with Gasteiger partial charge in [-0.25, -0.2) is 0 Å². The third kappa shape index (κ3) is 8.05. The topological polar surface area (TPSA) is 29.1 Å². The molecule has 0 saturated carbocycles. The van der Waals surface area contributed by atoms with Crippen molar-refractivity contribution >= 4 is 29.9 Å². The van der Waals surface area contributed by atoms with Crippen molar-refractivity contribution in [3.8, 4) is 0 Å². The summed E-state index contributed by atoms with van der Waals surface area (Å²) in [5.74, 6) is 0.439. The molecule has 0 aliphatic rings. The Kier molecular flexibility index (Phi) is 10.6. The Morgan fingerprint density at radius 1 is 1.67 bits per heavy atom. The molecule has 56 valence electrons. The molecule has 0 aromatic carbocycles. The van der Waals surface area contributed by atoms with Crippen molar-refractivity contribution < 1.29 is 4.79 Å². The van der Waals surface area contributed by atoms with E-state index in [1.54, 1.807) is 0 Å². The summed E-state index contributed by atoms with van der Waals surface area (Å²) in [5.41, 5.74) is 0. The van der Waals surface area contributed by atoms with Gasteiger partial charge in [0.15, 0.2) is 0 Å². The summed E-state index contributed by atoms with van der Waals surface area (Å²) < 4.78 is 0. The van der Waals surface area contributed by atoms with Crippen molar-refractivity contribution in [2.24, 2.45) is 0 Å². The van der Waals surface area contributed by atoms with Gasteiger partial charge in [0.25, 0.3) is 0 Å². The maximum Gasteiger partial charge on any atom is 0.221 e. The summed E-state index contributed by atoms with van der Waals surface area (Å²) in [6.07, 6.45) is 0.426. The van der Waals surface area contributed by atoms with Crippen molar-refractivity contribution in [1.82, 2.24) is 5.32 Å². The van der Waals surface area contributed by atoms with E-state index in [9.17, 15) is 4.79 Å². The lowest BCUT2D eigenvalue weighted by Gasteiger charge is -1.95. The van der Waals surface area contributed by atoms with Gasteiger partial charge in [0.1, 0.15) is 0 Å². The zero-order valence-electron chi connectivity index (χ0n) is 5.32. The molecule has 0 aliphatic heterocycles. The molecule has 4 heteroatoms. The van der Waals surface area contributed by atoms with Gasteiger partial charge in [0.05, 0.1) is 0 Å². The molecule has 0 rings (SSSR count). The summed E-state index contributed by atoms with van der Waals surface area (Å²) in [4.78, 5) is 10.4. The van der Waals surface area contributed by atoms with Crippen LogP contribution in [0.25, 0.3) is 0 Å². The molecule has 0 saturated heterocycles. The number of alkyl halides is 1. The Labute approximate surface area is 66.4 Å². The minimum Gasteiger partial charge on any atom is -0.356 e. The van der Waals surface area contributed by atoms with Crippen LogP contribution in [-0.4, -0.2) is 18.3 Å². The Hall–Kier alpha value is 0.0500. The minimum absolute atomic E-state index is 0. The third-order valence-corrected chi connectivity index (χ3v) is 0.884. The van der Waals surface area contributed by atoms with Gasteiger partial charge in [0.2, 0.25) is 5.91 Å². The van der Waals surface area contributed by atoms with E-state index in [0.29, 0.717) is 18.8 Å². The van der Waals surface area contributed by atoms with Gasteiger partial charge in [-0.1, -0.05) is 0 Å². The number of hydrogen-bond acceptors (Lipinski definition) is 1. The van der Waals surface area contributed by atoms with Gasteiger partial charge >= 0.3 is 0 Å². The third-order valence-electron chi connectivity index (χ3n) is 0.695. The van der Waals surface area contributed by atoms with Crippen LogP contribution in [0.15, 0.2) is 0 Å². The lowest BCUT2D eigenvalue weighted by Crippen LogP contribution is -2.22. The monoisotopic (exact) mass is 171 g/mol. The van der Waals surface area contributed by atoms with Crippen LogP contribution in [0.3, 0.4) is 0 Å². The van der Waals surface area contributed by atoms with Gasteiger partial charge in [-0.05, 0) is 6.92 Å². The summed E-state index contributed by atoms with van der Waals surface area (Å²) in [7, 11) is 0. The lowest BCUT2D eigenvalue weighted by molar-refractivity contribution is -0.120. The number of rotatable bonds is 3. The largest absolute Gasteiger partial charge is 0.356 e. The summed E-state index contributed by atoms with van der Waals surface area (Å²) in [6.45, 7) is 2.57. The number of nitrogens with one attached hydrogen (secondary N) is 1. The van der Waals surface area contributed by atoms with Crippen LogP contribution in [0, 0.1) is 0 Å². The molecule has 0 atom stereocenters. The second-order valence-electron chi connectivity index (χ2n) is 1.39. The molecule has 2 nitrogen and oxygen atoms in total. The van der Waals surface area contributed by atoms with E-state index in [2.05, 4.69) is 5.32 Å². The van der Waals surface area contributed by atoms with Crippen LogP contribution in [0.2, 0.25) is 0 Å². The average Bonchev–Trinajstić information content (AvgIpc) is 1.68. The fraction of sp³-hybridized carbons (Fsp3) is 0.800. The predicted molar refractivity (Wildman–Crippen MR) is 41.3 cm³/mol. The van der Waals surface area contributed by atoms with Crippen LogP contribution in [0.5, 0.6) is 0 Å². The highest BCUT2D eigenvalue weighted by Crippen LogP contribution is 1.82. The second-order valence-corrected chi connectivity index (χ2v) is 1.77. The van der Waals surface area contributed by atoms with E-state index in [1.165, 1.54) is 0 Å². The standard InChI is InChI=1S/C5H10ClNO.ClH/c1-2-7-5(8)3-4-6;/h2-4H2,1H3,(H,7,8);1H. The molecule has 0 heterocycles. The number of carbonyl (C=O) groups excluding carboxylic acids is 1. The molecular weight excluding hydrogens is 161 g/mol. The number of amides is 1. The predicted octanol–water partition coefficient (Wildman–Crippen LogP) is 1.17. The molecule has 0 spiro atoms. The highest BCUT2D eigenvalue weighted by molar-refractivity contribution is 6.18. The molecule has 0 aromatic heterocycles. The molecular formula is C5H11Cl2NO. The number of halogens is 2. The van der Waals surface area contributed by atoms with E-state index in [4.69, 9.17) is 11.6 Å². The fourth-order valence-electron chi connectivity index (χ4n) is 0.371. The van der Waals surface area contributed by atoms with Gasteiger partial charge in [-0.2, -0.15) is 0 Å². The Bertz CT molecular complexity index is 69.4. The SMILES string of the molecule is CCNC(=O)CCCl.Cl. The van der Waals surface area contributed by atoms with E-state index in [1.807, 2.05) is 6.92 Å². The van der Waals surface area contributed by atoms with Crippen LogP contribution in [-0.2, 0) is 4.79 Å². The number of hydrogen-bond donors (Lipinski definition) is 1. The van der Waals surface area contributed by atoms with Crippen molar-refractivity contribution in [3.05, 3.63) is 0 Å². The van der Waals surface area contributed by atoms with Gasteiger partial charge in [-0.3, -0.25) is 4.79 Å². The first-order valence-electron chi connectivity index (χ1n) is 2.64. The van der Waals surface area contributed by atoms with Gasteiger partial charge < -0.3 is 5.32 Å². The summed E-state index contributed by atoms with van der Waals surface area (Å²) in [6, 6.07) is 0. The van der Waals surface area contributed by atoms with E-state index >= 15 is 0 Å². The zero-order chi connectivity index (χ0) is 6.41. The first-order chi connectivity index (χ1) is 3.81.